The van der Waals surface area contributed by atoms with Crippen molar-refractivity contribution in [1.82, 2.24) is 0 Å². The SMILES string of the molecule is O=C(Nc1ccc(Cl)cc1Cl)Nc1ccc(Cl)cc1Cl. The molecule has 7 heteroatoms. The van der Waals surface area contributed by atoms with Crippen LogP contribution in [-0.4, -0.2) is 6.03 Å². The van der Waals surface area contributed by atoms with E-state index >= 15 is 0 Å². The normalized spacial score (nSPS) is 10.2. The van der Waals surface area contributed by atoms with Gasteiger partial charge in [-0.2, -0.15) is 0 Å². The third kappa shape index (κ3) is 3.93. The molecule has 0 saturated carbocycles. The van der Waals surface area contributed by atoms with Crippen LogP contribution in [0.25, 0.3) is 0 Å². The van der Waals surface area contributed by atoms with Crippen LogP contribution in [0.15, 0.2) is 36.4 Å². The molecule has 2 amide bonds. The maximum absolute atomic E-state index is 11.9. The molecule has 2 rings (SSSR count). The van der Waals surface area contributed by atoms with Gasteiger partial charge < -0.3 is 10.6 Å². The van der Waals surface area contributed by atoms with Crippen molar-refractivity contribution in [1.29, 1.82) is 0 Å². The highest BCUT2D eigenvalue weighted by Gasteiger charge is 2.08. The Balaban J connectivity index is 2.09. The van der Waals surface area contributed by atoms with E-state index in [1.807, 2.05) is 0 Å². The fraction of sp³-hybridized carbons (Fsp3) is 0. The van der Waals surface area contributed by atoms with Gasteiger partial charge in [0.1, 0.15) is 0 Å². The van der Waals surface area contributed by atoms with Crippen LogP contribution in [0.4, 0.5) is 16.2 Å². The zero-order valence-corrected chi connectivity index (χ0v) is 12.9. The number of benzene rings is 2. The Bertz CT molecular complexity index is 605. The van der Waals surface area contributed by atoms with E-state index in [-0.39, 0.29) is 0 Å². The number of carbonyl (C=O) groups is 1. The summed E-state index contributed by atoms with van der Waals surface area (Å²) in [5.41, 5.74) is 0.886. The fourth-order valence-corrected chi connectivity index (χ4v) is 2.37. The number of halogens is 4. The van der Waals surface area contributed by atoms with Crippen LogP contribution in [-0.2, 0) is 0 Å². The number of rotatable bonds is 2. The minimum Gasteiger partial charge on any atom is -0.306 e. The minimum atomic E-state index is -0.474. The molecule has 0 heterocycles. The number of urea groups is 1. The van der Waals surface area contributed by atoms with E-state index in [1.165, 1.54) is 12.1 Å². The minimum absolute atomic E-state index is 0.342. The molecular formula is C13H8Cl4N2O. The molecule has 0 saturated heterocycles. The molecule has 2 N–H and O–H groups in total. The summed E-state index contributed by atoms with van der Waals surface area (Å²) in [7, 11) is 0. The zero-order chi connectivity index (χ0) is 14.7. The Morgan fingerprint density at radius 2 is 1.15 bits per heavy atom. The van der Waals surface area contributed by atoms with E-state index in [0.29, 0.717) is 31.5 Å². The predicted molar refractivity (Wildman–Crippen MR) is 85.6 cm³/mol. The lowest BCUT2D eigenvalue weighted by molar-refractivity contribution is 0.262. The quantitative estimate of drug-likeness (QED) is 0.691. The maximum Gasteiger partial charge on any atom is 0.323 e. The van der Waals surface area contributed by atoms with Gasteiger partial charge in [0.25, 0.3) is 0 Å². The first kappa shape index (κ1) is 15.3. The molecular weight excluding hydrogens is 342 g/mol. The number of carbonyl (C=O) groups excluding carboxylic acids is 1. The summed E-state index contributed by atoms with van der Waals surface area (Å²) >= 11 is 23.5. The highest BCUT2D eigenvalue weighted by molar-refractivity contribution is 6.37. The van der Waals surface area contributed by atoms with Crippen molar-refractivity contribution >= 4 is 63.8 Å². The van der Waals surface area contributed by atoms with Crippen molar-refractivity contribution in [3.05, 3.63) is 56.5 Å². The van der Waals surface area contributed by atoms with Crippen molar-refractivity contribution in [2.45, 2.75) is 0 Å². The molecule has 0 aliphatic heterocycles. The van der Waals surface area contributed by atoms with Crippen molar-refractivity contribution < 1.29 is 4.79 Å². The van der Waals surface area contributed by atoms with Crippen LogP contribution in [0, 0.1) is 0 Å². The van der Waals surface area contributed by atoms with Crippen LogP contribution in [0.5, 0.6) is 0 Å². The van der Waals surface area contributed by atoms with E-state index in [4.69, 9.17) is 46.4 Å². The van der Waals surface area contributed by atoms with Crippen LogP contribution in [0.3, 0.4) is 0 Å². The lowest BCUT2D eigenvalue weighted by Crippen LogP contribution is -2.19. The third-order valence-corrected chi connectivity index (χ3v) is 3.45. The Labute approximate surface area is 135 Å². The number of anilines is 2. The van der Waals surface area contributed by atoms with Crippen molar-refractivity contribution in [2.24, 2.45) is 0 Å². The van der Waals surface area contributed by atoms with Crippen LogP contribution >= 0.6 is 46.4 Å². The first-order chi connectivity index (χ1) is 9.45. The van der Waals surface area contributed by atoms with Gasteiger partial charge in [0.05, 0.1) is 21.4 Å². The molecule has 2 aromatic carbocycles. The molecule has 0 aromatic heterocycles. The van der Waals surface area contributed by atoms with E-state index in [1.54, 1.807) is 24.3 Å². The summed E-state index contributed by atoms with van der Waals surface area (Å²) in [6.45, 7) is 0. The number of nitrogens with one attached hydrogen (secondary N) is 2. The summed E-state index contributed by atoms with van der Waals surface area (Å²) < 4.78 is 0. The molecule has 20 heavy (non-hydrogen) atoms. The lowest BCUT2D eigenvalue weighted by Gasteiger charge is -2.10. The van der Waals surface area contributed by atoms with Gasteiger partial charge in [-0.25, -0.2) is 4.79 Å². The van der Waals surface area contributed by atoms with Gasteiger partial charge in [0.15, 0.2) is 0 Å². The summed E-state index contributed by atoms with van der Waals surface area (Å²) in [6.07, 6.45) is 0. The van der Waals surface area contributed by atoms with Gasteiger partial charge in [-0.05, 0) is 36.4 Å². The van der Waals surface area contributed by atoms with E-state index in [2.05, 4.69) is 10.6 Å². The maximum atomic E-state index is 11.9. The van der Waals surface area contributed by atoms with Gasteiger partial charge in [-0.15, -0.1) is 0 Å². The lowest BCUT2D eigenvalue weighted by atomic mass is 10.3. The molecule has 0 fully saturated rings. The zero-order valence-electron chi connectivity index (χ0n) is 9.88. The standard InChI is InChI=1S/C13H8Cl4N2O/c14-7-1-3-11(9(16)5-7)18-13(20)19-12-4-2-8(15)6-10(12)17/h1-6H,(H2,18,19,20). The summed E-state index contributed by atoms with van der Waals surface area (Å²) in [5, 5.41) is 6.85. The van der Waals surface area contributed by atoms with E-state index in [0.717, 1.165) is 0 Å². The second-order valence-corrected chi connectivity index (χ2v) is 5.51. The fourth-order valence-electron chi connectivity index (χ4n) is 1.46. The van der Waals surface area contributed by atoms with Crippen LogP contribution in [0.1, 0.15) is 0 Å². The first-order valence-electron chi connectivity index (χ1n) is 5.44. The molecule has 0 bridgehead atoms. The van der Waals surface area contributed by atoms with Gasteiger partial charge in [-0.3, -0.25) is 0 Å². The topological polar surface area (TPSA) is 41.1 Å². The van der Waals surface area contributed by atoms with Gasteiger partial charge >= 0.3 is 6.03 Å². The largest absolute Gasteiger partial charge is 0.323 e. The molecule has 0 aliphatic carbocycles. The van der Waals surface area contributed by atoms with Gasteiger partial charge in [0.2, 0.25) is 0 Å². The van der Waals surface area contributed by atoms with Gasteiger partial charge in [-0.1, -0.05) is 46.4 Å². The molecule has 0 spiro atoms. The second-order valence-electron chi connectivity index (χ2n) is 3.83. The number of hydrogen-bond donors (Lipinski definition) is 2. The summed E-state index contributed by atoms with van der Waals surface area (Å²) in [5.74, 6) is 0. The third-order valence-electron chi connectivity index (χ3n) is 2.36. The average molecular weight is 350 g/mol. The Kier molecular flexibility index (Phi) is 5.00. The van der Waals surface area contributed by atoms with E-state index < -0.39 is 6.03 Å². The highest BCUT2D eigenvalue weighted by Crippen LogP contribution is 2.27. The number of hydrogen-bond acceptors (Lipinski definition) is 1. The van der Waals surface area contributed by atoms with Crippen molar-refractivity contribution in [3.63, 3.8) is 0 Å². The van der Waals surface area contributed by atoms with Crippen LogP contribution in [0.2, 0.25) is 20.1 Å². The van der Waals surface area contributed by atoms with Crippen molar-refractivity contribution in [2.75, 3.05) is 10.6 Å². The molecule has 0 aliphatic rings. The molecule has 3 nitrogen and oxygen atoms in total. The molecule has 0 atom stereocenters. The summed E-state index contributed by atoms with van der Waals surface area (Å²) in [4.78, 5) is 11.9. The number of amides is 2. The molecule has 0 unspecified atom stereocenters. The Hall–Kier alpha value is -1.13. The first-order valence-corrected chi connectivity index (χ1v) is 6.95. The van der Waals surface area contributed by atoms with Crippen molar-refractivity contribution in [3.8, 4) is 0 Å². The summed E-state index contributed by atoms with van der Waals surface area (Å²) in [6, 6.07) is 9.05. The molecule has 0 radical (unpaired) electrons. The second kappa shape index (κ2) is 6.55. The Morgan fingerprint density at radius 3 is 1.50 bits per heavy atom. The molecule has 104 valence electrons. The predicted octanol–water partition coefficient (Wildman–Crippen LogP) is 5.94. The average Bonchev–Trinajstić information content (AvgIpc) is 2.36. The monoisotopic (exact) mass is 348 g/mol. The smallest absolute Gasteiger partial charge is 0.306 e. The molecule has 2 aromatic rings. The van der Waals surface area contributed by atoms with Crippen LogP contribution < -0.4 is 10.6 Å². The van der Waals surface area contributed by atoms with E-state index in [9.17, 15) is 4.79 Å². The highest BCUT2D eigenvalue weighted by atomic mass is 35.5. The van der Waals surface area contributed by atoms with Gasteiger partial charge in [0, 0.05) is 10.0 Å². The Morgan fingerprint density at radius 1 is 0.750 bits per heavy atom.